The topological polar surface area (TPSA) is 140 Å². The van der Waals surface area contributed by atoms with Crippen LogP contribution in [0.25, 0.3) is 11.4 Å². The minimum Gasteiger partial charge on any atom is -0.469 e. The molecule has 4 rings (SSSR count). The molecule has 0 saturated carbocycles. The lowest BCUT2D eigenvalue weighted by molar-refractivity contribution is -0.141. The van der Waals surface area contributed by atoms with E-state index in [1.165, 1.54) is 13.3 Å². The Balaban J connectivity index is 1.54. The average Bonchev–Trinajstić information content (AvgIpc) is 2.92. The number of methoxy groups -OCH3 is 1. The van der Waals surface area contributed by atoms with Crippen LogP contribution in [0.2, 0.25) is 0 Å². The number of morpholine rings is 1. The number of halogens is 3. The van der Waals surface area contributed by atoms with Gasteiger partial charge in [-0.15, -0.1) is 0 Å². The molecule has 1 amide bonds. The van der Waals surface area contributed by atoms with Gasteiger partial charge in [-0.2, -0.15) is 28.1 Å². The average molecular weight is 539 g/mol. The molecule has 2 aromatic heterocycles. The zero-order valence-electron chi connectivity index (χ0n) is 20.9. The van der Waals surface area contributed by atoms with Crippen molar-refractivity contribution in [2.24, 2.45) is 0 Å². The molecular formula is C23H29F3N8O4. The molecule has 0 unspecified atom stereocenters. The van der Waals surface area contributed by atoms with Gasteiger partial charge < -0.3 is 29.9 Å². The van der Waals surface area contributed by atoms with Crippen LogP contribution in [0.5, 0.6) is 0 Å². The first-order valence-electron chi connectivity index (χ1n) is 12.2. The number of nitrogens with zero attached hydrogens (tertiary/aromatic N) is 7. The molecule has 2 aliphatic rings. The van der Waals surface area contributed by atoms with Crippen molar-refractivity contribution in [1.29, 1.82) is 0 Å². The van der Waals surface area contributed by atoms with E-state index in [1.54, 1.807) is 4.90 Å². The number of hydrogen-bond acceptors (Lipinski definition) is 11. The number of pyridine rings is 1. The molecule has 2 aliphatic heterocycles. The number of anilines is 3. The normalized spacial score (nSPS) is 16.5. The number of nitrogen functional groups attached to an aromatic ring is 1. The quantitative estimate of drug-likeness (QED) is 0.511. The molecule has 0 bridgehead atoms. The number of piperazine rings is 1. The van der Waals surface area contributed by atoms with Crippen LogP contribution in [0.3, 0.4) is 0 Å². The monoisotopic (exact) mass is 538 g/mol. The fraction of sp³-hybridized carbons (Fsp3) is 0.565. The molecule has 2 saturated heterocycles. The molecule has 15 heteroatoms. The summed E-state index contributed by atoms with van der Waals surface area (Å²) in [7, 11) is 1.30. The predicted octanol–water partition coefficient (Wildman–Crippen LogP) is 1.36. The number of rotatable bonds is 7. The summed E-state index contributed by atoms with van der Waals surface area (Å²) in [5, 5.41) is 0. The number of alkyl halides is 3. The largest absolute Gasteiger partial charge is 0.469 e. The molecule has 38 heavy (non-hydrogen) atoms. The number of nitrogens with two attached hydrogens (primary N) is 1. The number of hydrogen-bond donors (Lipinski definition) is 1. The van der Waals surface area contributed by atoms with Crippen LogP contribution in [-0.2, 0) is 25.2 Å². The van der Waals surface area contributed by atoms with Gasteiger partial charge >= 0.3 is 12.1 Å². The molecule has 0 radical (unpaired) electrons. The van der Waals surface area contributed by atoms with E-state index >= 15 is 0 Å². The smallest absolute Gasteiger partial charge is 0.419 e. The molecule has 206 valence electrons. The molecule has 2 aromatic rings. The van der Waals surface area contributed by atoms with Gasteiger partial charge in [-0.1, -0.05) is 0 Å². The molecular weight excluding hydrogens is 509 g/mol. The SMILES string of the molecule is COC(=O)CCCC(=O)N1CCN(c2nc(-c3cnc(N)c(C(F)(F)F)c3)nc(N3CCOCC3)n2)CC1. The number of esters is 1. The van der Waals surface area contributed by atoms with Crippen LogP contribution in [0.15, 0.2) is 12.3 Å². The zero-order chi connectivity index (χ0) is 27.3. The van der Waals surface area contributed by atoms with Gasteiger partial charge in [0.25, 0.3) is 0 Å². The van der Waals surface area contributed by atoms with Crippen molar-refractivity contribution in [3.05, 3.63) is 17.8 Å². The summed E-state index contributed by atoms with van der Waals surface area (Å²) in [5.41, 5.74) is 4.46. The Labute approximate surface area is 216 Å². The Bertz CT molecular complexity index is 1150. The van der Waals surface area contributed by atoms with E-state index in [4.69, 9.17) is 10.5 Å². The Morgan fingerprint density at radius 2 is 1.63 bits per heavy atom. The first-order valence-corrected chi connectivity index (χ1v) is 12.2. The molecule has 0 atom stereocenters. The number of ether oxygens (including phenoxy) is 2. The van der Waals surface area contributed by atoms with Crippen LogP contribution in [-0.4, -0.2) is 96.3 Å². The fourth-order valence-corrected chi connectivity index (χ4v) is 4.15. The van der Waals surface area contributed by atoms with Crippen LogP contribution in [0.4, 0.5) is 30.9 Å². The molecule has 2 N–H and O–H groups in total. The lowest BCUT2D eigenvalue weighted by Crippen LogP contribution is -2.49. The third-order valence-electron chi connectivity index (χ3n) is 6.30. The second kappa shape index (κ2) is 11.8. The van der Waals surface area contributed by atoms with Crippen LogP contribution in [0, 0.1) is 0 Å². The third kappa shape index (κ3) is 6.57. The maximum absolute atomic E-state index is 13.5. The molecule has 0 aromatic carbocycles. The maximum atomic E-state index is 13.5. The summed E-state index contributed by atoms with van der Waals surface area (Å²) in [6, 6.07) is 0.884. The van der Waals surface area contributed by atoms with Gasteiger partial charge in [0.1, 0.15) is 5.82 Å². The molecule has 4 heterocycles. The van der Waals surface area contributed by atoms with Crippen molar-refractivity contribution in [1.82, 2.24) is 24.8 Å². The number of carbonyl (C=O) groups excluding carboxylic acids is 2. The highest BCUT2D eigenvalue weighted by atomic mass is 19.4. The fourth-order valence-electron chi connectivity index (χ4n) is 4.15. The van der Waals surface area contributed by atoms with Crippen molar-refractivity contribution in [3.63, 3.8) is 0 Å². The summed E-state index contributed by atoms with van der Waals surface area (Å²) >= 11 is 0. The van der Waals surface area contributed by atoms with Crippen LogP contribution < -0.4 is 15.5 Å². The number of aromatic nitrogens is 4. The van der Waals surface area contributed by atoms with Crippen LogP contribution >= 0.6 is 0 Å². The highest BCUT2D eigenvalue weighted by molar-refractivity contribution is 5.77. The molecule has 0 aliphatic carbocycles. The Kier molecular flexibility index (Phi) is 8.44. The van der Waals surface area contributed by atoms with Crippen molar-refractivity contribution in [3.8, 4) is 11.4 Å². The highest BCUT2D eigenvalue weighted by Crippen LogP contribution is 2.35. The molecule has 0 spiro atoms. The molecule has 2 fully saturated rings. The summed E-state index contributed by atoms with van der Waals surface area (Å²) in [5.74, 6) is -0.402. The van der Waals surface area contributed by atoms with E-state index in [-0.39, 0.29) is 36.1 Å². The minimum atomic E-state index is -4.68. The first-order chi connectivity index (χ1) is 18.2. The summed E-state index contributed by atoms with van der Waals surface area (Å²) in [6.07, 6.45) is -2.66. The summed E-state index contributed by atoms with van der Waals surface area (Å²) in [4.78, 5) is 46.5. The van der Waals surface area contributed by atoms with Gasteiger partial charge in [0.05, 0.1) is 25.9 Å². The van der Waals surface area contributed by atoms with Crippen molar-refractivity contribution < 1.29 is 32.2 Å². The summed E-state index contributed by atoms with van der Waals surface area (Å²) < 4.78 is 50.4. The number of amides is 1. The third-order valence-corrected chi connectivity index (χ3v) is 6.30. The zero-order valence-corrected chi connectivity index (χ0v) is 20.9. The van der Waals surface area contributed by atoms with Crippen LogP contribution in [0.1, 0.15) is 24.8 Å². The lowest BCUT2D eigenvalue weighted by atomic mass is 10.1. The first kappa shape index (κ1) is 27.3. The standard InChI is InChI=1S/C23H29F3N8O4/c1-37-18(36)4-2-3-17(35)32-5-7-33(8-6-32)21-29-20(30-22(31-21)34-9-11-38-12-10-34)15-13-16(23(24,25)26)19(27)28-14-15/h13-14H,2-12H2,1H3,(H2,27,28). The van der Waals surface area contributed by atoms with Crippen molar-refractivity contribution in [2.75, 3.05) is 75.1 Å². The van der Waals surface area contributed by atoms with Gasteiger partial charge in [-0.05, 0) is 12.5 Å². The highest BCUT2D eigenvalue weighted by Gasteiger charge is 2.34. The van der Waals surface area contributed by atoms with E-state index < -0.39 is 17.6 Å². The van der Waals surface area contributed by atoms with E-state index in [0.717, 1.165) is 6.07 Å². The minimum absolute atomic E-state index is 0.0378. The Hall–Kier alpha value is -3.75. The van der Waals surface area contributed by atoms with E-state index in [2.05, 4.69) is 24.7 Å². The summed E-state index contributed by atoms with van der Waals surface area (Å²) in [6.45, 7) is 3.63. The van der Waals surface area contributed by atoms with Gasteiger partial charge in [0.2, 0.25) is 17.8 Å². The van der Waals surface area contributed by atoms with Gasteiger partial charge in [0.15, 0.2) is 5.82 Å². The Morgan fingerprint density at radius 3 is 2.24 bits per heavy atom. The second-order valence-electron chi connectivity index (χ2n) is 8.81. The van der Waals surface area contributed by atoms with Gasteiger partial charge in [0, 0.05) is 63.9 Å². The van der Waals surface area contributed by atoms with Crippen molar-refractivity contribution in [2.45, 2.75) is 25.4 Å². The van der Waals surface area contributed by atoms with Gasteiger partial charge in [-0.25, -0.2) is 4.98 Å². The van der Waals surface area contributed by atoms with E-state index in [1.807, 2.05) is 9.80 Å². The lowest BCUT2D eigenvalue weighted by Gasteiger charge is -2.35. The van der Waals surface area contributed by atoms with Crippen molar-refractivity contribution >= 4 is 29.6 Å². The Morgan fingerprint density at radius 1 is 1.00 bits per heavy atom. The van der Waals surface area contributed by atoms with Gasteiger partial charge in [-0.3, -0.25) is 9.59 Å². The molecule has 12 nitrogen and oxygen atoms in total. The number of carbonyl (C=O) groups is 2. The van der Waals surface area contributed by atoms with E-state index in [0.29, 0.717) is 70.8 Å². The van der Waals surface area contributed by atoms with E-state index in [9.17, 15) is 22.8 Å². The second-order valence-corrected chi connectivity index (χ2v) is 8.81. The predicted molar refractivity (Wildman–Crippen MR) is 130 cm³/mol. The maximum Gasteiger partial charge on any atom is 0.419 e.